The average Bonchev–Trinajstić information content (AvgIpc) is 3.56. The number of imidazole rings is 2. The number of benzene rings is 2. The molecule has 3 aliphatic rings. The Bertz CT molecular complexity index is 1810. The molecule has 2 amide bonds. The first-order valence-electron chi connectivity index (χ1n) is 17.6. The summed E-state index contributed by atoms with van der Waals surface area (Å²) in [5, 5.41) is 0. The van der Waals surface area contributed by atoms with Crippen molar-refractivity contribution in [3.05, 3.63) is 72.6 Å². The molecule has 4 unspecified atom stereocenters. The van der Waals surface area contributed by atoms with Gasteiger partial charge in [0.25, 0.3) is 0 Å². The SMILES string of the molecule is CCC1CCC(c2ncc(-c3ccc(-c4ccc(-c5cnc(C6CC7C[C@@H]7N6C(=O)OC(C)(C)C)[nH]5)cc4)cc3)[nH]2)N1C(=O)OC(C)(C)C. The van der Waals surface area contributed by atoms with Crippen molar-refractivity contribution in [2.45, 2.75) is 116 Å². The van der Waals surface area contributed by atoms with Crippen molar-refractivity contribution in [1.29, 1.82) is 0 Å². The van der Waals surface area contributed by atoms with Gasteiger partial charge in [-0.3, -0.25) is 9.80 Å². The minimum absolute atomic E-state index is 0.0913. The molecule has 4 heterocycles. The van der Waals surface area contributed by atoms with Crippen molar-refractivity contribution in [2.24, 2.45) is 5.92 Å². The number of piperidine rings is 1. The molecule has 1 aliphatic carbocycles. The molecule has 2 aliphatic heterocycles. The highest BCUT2D eigenvalue weighted by atomic mass is 16.6. The summed E-state index contributed by atoms with van der Waals surface area (Å²) in [7, 11) is 0. The molecule has 5 atom stereocenters. The van der Waals surface area contributed by atoms with Crippen LogP contribution in [0, 0.1) is 5.92 Å². The lowest BCUT2D eigenvalue weighted by Gasteiger charge is -2.31. The van der Waals surface area contributed by atoms with Crippen molar-refractivity contribution in [3.63, 3.8) is 0 Å². The molecule has 49 heavy (non-hydrogen) atoms. The first kappa shape index (κ1) is 32.9. The Morgan fingerprint density at radius 2 is 1.16 bits per heavy atom. The normalized spacial score (nSPS) is 23.4. The average molecular weight is 665 g/mol. The molecule has 0 spiro atoms. The second-order valence-corrected chi connectivity index (χ2v) is 15.8. The summed E-state index contributed by atoms with van der Waals surface area (Å²) in [6.07, 6.45) is 7.79. The van der Waals surface area contributed by atoms with Gasteiger partial charge in [0, 0.05) is 12.1 Å². The van der Waals surface area contributed by atoms with Crippen LogP contribution >= 0.6 is 0 Å². The molecule has 0 bridgehead atoms. The number of ether oxygens (including phenoxy) is 2. The van der Waals surface area contributed by atoms with E-state index in [0.717, 1.165) is 77.4 Å². The van der Waals surface area contributed by atoms with E-state index in [1.165, 1.54) is 0 Å². The van der Waals surface area contributed by atoms with Gasteiger partial charge in [-0.2, -0.15) is 0 Å². The molecule has 2 aromatic carbocycles. The highest BCUT2D eigenvalue weighted by molar-refractivity contribution is 5.73. The lowest BCUT2D eigenvalue weighted by atomic mass is 10.0. The molecule has 3 fully saturated rings. The number of aromatic amines is 2. The highest BCUT2D eigenvalue weighted by Crippen LogP contribution is 2.53. The summed E-state index contributed by atoms with van der Waals surface area (Å²) in [6.45, 7) is 13.5. The Hall–Kier alpha value is -4.60. The Balaban J connectivity index is 1.02. The minimum Gasteiger partial charge on any atom is -0.444 e. The van der Waals surface area contributed by atoms with Crippen molar-refractivity contribution in [1.82, 2.24) is 29.7 Å². The van der Waals surface area contributed by atoms with Crippen molar-refractivity contribution in [2.75, 3.05) is 0 Å². The number of hydrogen-bond acceptors (Lipinski definition) is 6. The maximum absolute atomic E-state index is 13.1. The van der Waals surface area contributed by atoms with Gasteiger partial charge in [0.1, 0.15) is 22.9 Å². The molecule has 1 saturated carbocycles. The second kappa shape index (κ2) is 12.4. The smallest absolute Gasteiger partial charge is 0.411 e. The number of nitrogens with zero attached hydrogens (tertiary/aromatic N) is 4. The number of hydrogen-bond donors (Lipinski definition) is 2. The molecular weight excluding hydrogens is 616 g/mol. The van der Waals surface area contributed by atoms with Crippen LogP contribution in [0.3, 0.4) is 0 Å². The Morgan fingerprint density at radius 1 is 0.694 bits per heavy atom. The fourth-order valence-electron chi connectivity index (χ4n) is 7.41. The van der Waals surface area contributed by atoms with Gasteiger partial charge in [-0.25, -0.2) is 19.6 Å². The molecule has 2 saturated heterocycles. The summed E-state index contributed by atoms with van der Waals surface area (Å²) in [6, 6.07) is 17.0. The first-order chi connectivity index (χ1) is 23.3. The quantitative estimate of drug-likeness (QED) is 0.212. The van der Waals surface area contributed by atoms with Crippen LogP contribution in [-0.4, -0.2) is 65.2 Å². The number of fused-ring (bicyclic) bond motifs is 1. The molecule has 258 valence electrons. The van der Waals surface area contributed by atoms with Crippen LogP contribution in [0.15, 0.2) is 60.9 Å². The minimum atomic E-state index is -0.552. The predicted octanol–water partition coefficient (Wildman–Crippen LogP) is 9.05. The number of carbonyl (C=O) groups is 2. The van der Waals surface area contributed by atoms with Gasteiger partial charge >= 0.3 is 12.2 Å². The number of H-pyrrole nitrogens is 2. The third-order valence-electron chi connectivity index (χ3n) is 9.83. The number of amides is 2. The molecule has 7 rings (SSSR count). The number of rotatable bonds is 6. The van der Waals surface area contributed by atoms with Crippen LogP contribution in [0.5, 0.6) is 0 Å². The van der Waals surface area contributed by atoms with Crippen molar-refractivity contribution in [3.8, 4) is 33.6 Å². The zero-order chi connectivity index (χ0) is 34.7. The van der Waals surface area contributed by atoms with Gasteiger partial charge in [-0.15, -0.1) is 0 Å². The summed E-state index contributed by atoms with van der Waals surface area (Å²) in [5.74, 6) is 2.13. The standard InChI is InChI=1S/C39H48N6O4/c1-8-28-17-18-31(44(28)36(46)48-38(2,3)4)34-40-21-29(42-34)25-13-9-23(10-14-25)24-11-15-26(16-12-24)30-22-41-35(43-30)33-20-27-19-32(27)45(33)37(47)49-39(5,6)7/h9-16,21-22,27-28,31-33H,8,17-20H2,1-7H3,(H,40,42)(H,41,43)/t27?,28?,31?,32-,33?/m0/s1. The summed E-state index contributed by atoms with van der Waals surface area (Å²) < 4.78 is 11.5. The van der Waals surface area contributed by atoms with E-state index in [1.807, 2.05) is 63.7 Å². The van der Waals surface area contributed by atoms with Gasteiger partial charge in [-0.1, -0.05) is 55.5 Å². The van der Waals surface area contributed by atoms with Gasteiger partial charge in [-0.05, 0) is 102 Å². The fraction of sp³-hybridized carbons (Fsp3) is 0.487. The van der Waals surface area contributed by atoms with Crippen LogP contribution in [0.2, 0.25) is 0 Å². The number of nitrogens with one attached hydrogen (secondary N) is 2. The van der Waals surface area contributed by atoms with Gasteiger partial charge in [0.2, 0.25) is 0 Å². The summed E-state index contributed by atoms with van der Waals surface area (Å²) in [4.78, 5) is 46.3. The van der Waals surface area contributed by atoms with Gasteiger partial charge in [0.05, 0.1) is 35.9 Å². The number of carbonyl (C=O) groups excluding carboxylic acids is 2. The zero-order valence-corrected chi connectivity index (χ0v) is 29.6. The predicted molar refractivity (Wildman–Crippen MR) is 188 cm³/mol. The molecule has 0 radical (unpaired) electrons. The lowest BCUT2D eigenvalue weighted by Crippen LogP contribution is -2.41. The van der Waals surface area contributed by atoms with E-state index in [9.17, 15) is 9.59 Å². The van der Waals surface area contributed by atoms with E-state index in [2.05, 4.69) is 65.4 Å². The third-order valence-corrected chi connectivity index (χ3v) is 9.83. The summed E-state index contributed by atoms with van der Waals surface area (Å²) in [5.41, 5.74) is 5.04. The van der Waals surface area contributed by atoms with Crippen molar-refractivity contribution >= 4 is 12.2 Å². The van der Waals surface area contributed by atoms with Crippen LogP contribution < -0.4 is 0 Å². The molecule has 4 aromatic rings. The van der Waals surface area contributed by atoms with E-state index < -0.39 is 11.2 Å². The van der Waals surface area contributed by atoms with E-state index in [0.29, 0.717) is 5.92 Å². The van der Waals surface area contributed by atoms with E-state index >= 15 is 0 Å². The molecule has 2 N–H and O–H groups in total. The number of likely N-dealkylation sites (tertiary alicyclic amines) is 2. The number of aromatic nitrogens is 4. The van der Waals surface area contributed by atoms with E-state index in [4.69, 9.17) is 19.4 Å². The second-order valence-electron chi connectivity index (χ2n) is 15.8. The molecule has 10 heteroatoms. The van der Waals surface area contributed by atoms with Crippen LogP contribution in [0.1, 0.15) is 104 Å². The Morgan fingerprint density at radius 3 is 1.65 bits per heavy atom. The zero-order valence-electron chi connectivity index (χ0n) is 29.6. The highest BCUT2D eigenvalue weighted by Gasteiger charge is 2.56. The van der Waals surface area contributed by atoms with Gasteiger partial charge in [0.15, 0.2) is 0 Å². The fourth-order valence-corrected chi connectivity index (χ4v) is 7.41. The van der Waals surface area contributed by atoms with E-state index in [-0.39, 0.29) is 36.4 Å². The monoisotopic (exact) mass is 664 g/mol. The van der Waals surface area contributed by atoms with Crippen molar-refractivity contribution < 1.29 is 19.1 Å². The largest absolute Gasteiger partial charge is 0.444 e. The van der Waals surface area contributed by atoms with E-state index in [1.54, 1.807) is 0 Å². The molecule has 2 aromatic heterocycles. The lowest BCUT2D eigenvalue weighted by molar-refractivity contribution is 0.0131. The van der Waals surface area contributed by atoms with Crippen LogP contribution in [0.4, 0.5) is 9.59 Å². The molecule has 10 nitrogen and oxygen atoms in total. The third kappa shape index (κ3) is 6.82. The molecular formula is C39H48N6O4. The Kier molecular flexibility index (Phi) is 8.32. The summed E-state index contributed by atoms with van der Waals surface area (Å²) >= 11 is 0. The Labute approximate surface area is 288 Å². The van der Waals surface area contributed by atoms with Gasteiger partial charge < -0.3 is 19.4 Å². The van der Waals surface area contributed by atoms with Crippen LogP contribution in [0.25, 0.3) is 33.6 Å². The topological polar surface area (TPSA) is 116 Å². The van der Waals surface area contributed by atoms with Crippen LogP contribution in [-0.2, 0) is 9.47 Å². The first-order valence-corrected chi connectivity index (χ1v) is 17.6. The maximum atomic E-state index is 13.1. The maximum Gasteiger partial charge on any atom is 0.411 e.